The summed E-state index contributed by atoms with van der Waals surface area (Å²) in [6, 6.07) is 3.56. The number of carbonyl (C=O) groups is 2. The van der Waals surface area contributed by atoms with E-state index in [2.05, 4.69) is 17.1 Å². The number of piperazine rings is 1. The van der Waals surface area contributed by atoms with Crippen molar-refractivity contribution in [2.45, 2.75) is 27.3 Å². The van der Waals surface area contributed by atoms with Gasteiger partial charge in [-0.05, 0) is 32.5 Å². The van der Waals surface area contributed by atoms with Gasteiger partial charge in [-0.1, -0.05) is 6.92 Å². The number of rotatable bonds is 5. The van der Waals surface area contributed by atoms with E-state index in [0.717, 1.165) is 19.6 Å². The molecule has 0 unspecified atom stereocenters. The molecule has 0 aromatic carbocycles. The molecule has 6 heteroatoms. The Hall–Kier alpha value is -1.82. The molecule has 1 N–H and O–H groups in total. The second-order valence-corrected chi connectivity index (χ2v) is 6.11. The lowest BCUT2D eigenvalue weighted by atomic mass is 9.90. The van der Waals surface area contributed by atoms with Crippen LogP contribution in [0.2, 0.25) is 0 Å². The van der Waals surface area contributed by atoms with Crippen LogP contribution in [-0.2, 0) is 16.1 Å². The first-order chi connectivity index (χ1) is 10.4. The zero-order valence-corrected chi connectivity index (χ0v) is 13.6. The van der Waals surface area contributed by atoms with Crippen molar-refractivity contribution in [1.29, 1.82) is 0 Å². The molecule has 0 spiro atoms. The van der Waals surface area contributed by atoms with Crippen LogP contribution >= 0.6 is 0 Å². The minimum Gasteiger partial charge on any atom is -0.467 e. The Balaban J connectivity index is 1.90. The summed E-state index contributed by atoms with van der Waals surface area (Å²) in [6.45, 7) is 9.87. The summed E-state index contributed by atoms with van der Waals surface area (Å²) < 4.78 is 5.18. The maximum atomic E-state index is 12.6. The van der Waals surface area contributed by atoms with E-state index in [1.54, 1.807) is 37.1 Å². The maximum absolute atomic E-state index is 12.6. The van der Waals surface area contributed by atoms with Gasteiger partial charge in [-0.15, -0.1) is 0 Å². The fourth-order valence-electron chi connectivity index (χ4n) is 2.56. The van der Waals surface area contributed by atoms with Crippen LogP contribution in [0, 0.1) is 5.41 Å². The van der Waals surface area contributed by atoms with E-state index in [1.807, 2.05) is 0 Å². The lowest BCUT2D eigenvalue weighted by Crippen LogP contribution is -2.55. The van der Waals surface area contributed by atoms with Gasteiger partial charge in [-0.3, -0.25) is 9.59 Å². The van der Waals surface area contributed by atoms with Crippen LogP contribution in [0.3, 0.4) is 0 Å². The second-order valence-electron chi connectivity index (χ2n) is 6.11. The van der Waals surface area contributed by atoms with Crippen molar-refractivity contribution in [3.63, 3.8) is 0 Å². The monoisotopic (exact) mass is 307 g/mol. The number of nitrogens with one attached hydrogen (secondary N) is 1. The molecule has 1 aliphatic heterocycles. The molecular weight excluding hydrogens is 282 g/mol. The topological polar surface area (TPSA) is 65.8 Å². The first kappa shape index (κ1) is 16.5. The van der Waals surface area contributed by atoms with Crippen molar-refractivity contribution in [2.24, 2.45) is 5.41 Å². The van der Waals surface area contributed by atoms with Crippen molar-refractivity contribution >= 4 is 11.8 Å². The normalized spacial score (nSPS) is 16.6. The summed E-state index contributed by atoms with van der Waals surface area (Å²) in [7, 11) is 0. The first-order valence-electron chi connectivity index (χ1n) is 7.77. The van der Waals surface area contributed by atoms with E-state index < -0.39 is 5.41 Å². The third kappa shape index (κ3) is 3.68. The molecule has 1 saturated heterocycles. The molecule has 0 saturated carbocycles. The Morgan fingerprint density at radius 3 is 2.50 bits per heavy atom. The Morgan fingerprint density at radius 1 is 1.27 bits per heavy atom. The van der Waals surface area contributed by atoms with E-state index in [-0.39, 0.29) is 11.8 Å². The summed E-state index contributed by atoms with van der Waals surface area (Å²) in [4.78, 5) is 29.1. The highest BCUT2D eigenvalue weighted by atomic mass is 16.3. The smallest absolute Gasteiger partial charge is 0.237 e. The molecule has 0 bridgehead atoms. The Labute approximate surface area is 131 Å². The number of nitrogens with zero attached hydrogens (tertiary/aromatic N) is 2. The number of hydrogen-bond donors (Lipinski definition) is 1. The summed E-state index contributed by atoms with van der Waals surface area (Å²) in [5.74, 6) is 0.292. The average molecular weight is 307 g/mol. The van der Waals surface area contributed by atoms with Crippen LogP contribution < -0.4 is 5.32 Å². The maximum Gasteiger partial charge on any atom is 0.237 e. The molecule has 6 nitrogen and oxygen atoms in total. The third-order valence-corrected chi connectivity index (χ3v) is 4.21. The van der Waals surface area contributed by atoms with Gasteiger partial charge < -0.3 is 19.5 Å². The molecule has 1 aromatic heterocycles. The van der Waals surface area contributed by atoms with Crippen LogP contribution in [0.25, 0.3) is 0 Å². The first-order valence-corrected chi connectivity index (χ1v) is 7.77. The highest BCUT2D eigenvalue weighted by molar-refractivity contribution is 6.04. The zero-order valence-electron chi connectivity index (χ0n) is 13.6. The van der Waals surface area contributed by atoms with Crippen molar-refractivity contribution in [1.82, 2.24) is 15.1 Å². The molecule has 2 rings (SSSR count). The molecule has 1 fully saturated rings. The number of carbonyl (C=O) groups excluding carboxylic acids is 2. The SMILES string of the molecule is CCN1CCN(C(=O)C(C)(C)C(=O)NCc2ccco2)CC1. The average Bonchev–Trinajstić information content (AvgIpc) is 3.05. The summed E-state index contributed by atoms with van der Waals surface area (Å²) in [6.07, 6.45) is 1.56. The van der Waals surface area contributed by atoms with Gasteiger partial charge in [0.05, 0.1) is 12.8 Å². The predicted molar refractivity (Wildman–Crippen MR) is 83.0 cm³/mol. The fourth-order valence-corrected chi connectivity index (χ4v) is 2.56. The lowest BCUT2D eigenvalue weighted by Gasteiger charge is -2.37. The minimum absolute atomic E-state index is 0.111. The molecule has 0 aliphatic carbocycles. The fraction of sp³-hybridized carbons (Fsp3) is 0.625. The molecule has 22 heavy (non-hydrogen) atoms. The molecule has 0 radical (unpaired) electrons. The molecule has 1 aromatic rings. The largest absolute Gasteiger partial charge is 0.467 e. The summed E-state index contributed by atoms with van der Waals surface area (Å²) in [5, 5.41) is 2.77. The van der Waals surface area contributed by atoms with Crippen molar-refractivity contribution in [2.75, 3.05) is 32.7 Å². The van der Waals surface area contributed by atoms with Gasteiger partial charge >= 0.3 is 0 Å². The Kier molecular flexibility index (Phi) is 5.24. The lowest BCUT2D eigenvalue weighted by molar-refractivity contribution is -0.149. The highest BCUT2D eigenvalue weighted by Crippen LogP contribution is 2.21. The van der Waals surface area contributed by atoms with Crippen molar-refractivity contribution < 1.29 is 14.0 Å². The van der Waals surface area contributed by atoms with Crippen molar-refractivity contribution in [3.05, 3.63) is 24.2 Å². The summed E-state index contributed by atoms with van der Waals surface area (Å²) in [5.41, 5.74) is -1.07. The number of hydrogen-bond acceptors (Lipinski definition) is 4. The van der Waals surface area contributed by atoms with E-state index >= 15 is 0 Å². The van der Waals surface area contributed by atoms with E-state index in [9.17, 15) is 9.59 Å². The standard InChI is InChI=1S/C16H25N3O3/c1-4-18-7-9-19(10-8-18)15(21)16(2,3)14(20)17-12-13-6-5-11-22-13/h5-6,11H,4,7-10,12H2,1-3H3,(H,17,20). The van der Waals surface area contributed by atoms with E-state index in [0.29, 0.717) is 25.4 Å². The van der Waals surface area contributed by atoms with Crippen LogP contribution in [0.5, 0.6) is 0 Å². The van der Waals surface area contributed by atoms with Crippen LogP contribution in [-0.4, -0.2) is 54.3 Å². The molecule has 1 aliphatic rings. The third-order valence-electron chi connectivity index (χ3n) is 4.21. The van der Waals surface area contributed by atoms with Crippen LogP contribution in [0.15, 0.2) is 22.8 Å². The molecule has 0 atom stereocenters. The van der Waals surface area contributed by atoms with Crippen LogP contribution in [0.1, 0.15) is 26.5 Å². The Bertz CT molecular complexity index is 503. The van der Waals surface area contributed by atoms with Crippen LogP contribution in [0.4, 0.5) is 0 Å². The van der Waals surface area contributed by atoms with Gasteiger partial charge in [0.2, 0.25) is 11.8 Å². The summed E-state index contributed by atoms with van der Waals surface area (Å²) >= 11 is 0. The second kappa shape index (κ2) is 6.96. The molecule has 2 heterocycles. The van der Waals surface area contributed by atoms with E-state index in [1.165, 1.54) is 0 Å². The quantitative estimate of drug-likeness (QED) is 0.827. The van der Waals surface area contributed by atoms with Crippen molar-refractivity contribution in [3.8, 4) is 0 Å². The highest BCUT2D eigenvalue weighted by Gasteiger charge is 2.39. The van der Waals surface area contributed by atoms with Gasteiger partial charge in [-0.25, -0.2) is 0 Å². The zero-order chi connectivity index (χ0) is 16.2. The Morgan fingerprint density at radius 2 is 1.95 bits per heavy atom. The van der Waals surface area contributed by atoms with Gasteiger partial charge in [0.25, 0.3) is 0 Å². The van der Waals surface area contributed by atoms with Gasteiger partial charge in [0, 0.05) is 26.2 Å². The molecule has 2 amide bonds. The number of furan rings is 1. The molecular formula is C16H25N3O3. The number of likely N-dealkylation sites (N-methyl/N-ethyl adjacent to an activating group) is 1. The van der Waals surface area contributed by atoms with E-state index in [4.69, 9.17) is 4.42 Å². The van der Waals surface area contributed by atoms with Gasteiger partial charge in [0.1, 0.15) is 11.2 Å². The van der Waals surface area contributed by atoms with Gasteiger partial charge in [0.15, 0.2) is 0 Å². The molecule has 122 valence electrons. The number of amides is 2. The van der Waals surface area contributed by atoms with Gasteiger partial charge in [-0.2, -0.15) is 0 Å². The minimum atomic E-state index is -1.07. The predicted octanol–water partition coefficient (Wildman–Crippen LogP) is 1.09.